The number of aromatic nitrogens is 5. The van der Waals surface area contributed by atoms with E-state index in [-0.39, 0.29) is 4.90 Å². The number of aryl methyl sites for hydroxylation is 1. The van der Waals surface area contributed by atoms with E-state index in [0.717, 1.165) is 30.2 Å². The third-order valence-corrected chi connectivity index (χ3v) is 7.06. The number of benzene rings is 2. The molecule has 2 N–H and O–H groups in total. The Kier molecular flexibility index (Phi) is 9.06. The first-order chi connectivity index (χ1) is 19.8. The Bertz CT molecular complexity index is 1660. The first-order valence-electron chi connectivity index (χ1n) is 12.4. The molecule has 1 aliphatic heterocycles. The van der Waals surface area contributed by atoms with E-state index in [4.69, 9.17) is 14.6 Å². The van der Waals surface area contributed by atoms with Gasteiger partial charge in [-0.1, -0.05) is 0 Å². The van der Waals surface area contributed by atoms with Crippen molar-refractivity contribution >= 4 is 33.1 Å². The highest BCUT2D eigenvalue weighted by Crippen LogP contribution is 2.31. The van der Waals surface area contributed by atoms with E-state index < -0.39 is 22.0 Å². The minimum Gasteiger partial charge on any atom is -0.475 e. The van der Waals surface area contributed by atoms with Crippen molar-refractivity contribution < 1.29 is 36.2 Å². The topological polar surface area (TPSA) is 152 Å². The number of alkyl halides is 3. The fraction of sp³-hybridized carbons (Fsp3) is 0.269. The Hall–Kier alpha value is -4.57. The number of nitrogens with zero attached hydrogens (tertiary/aromatic N) is 6. The molecule has 4 aromatic rings. The number of halogens is 3. The van der Waals surface area contributed by atoms with Crippen molar-refractivity contribution in [3.8, 4) is 16.9 Å². The van der Waals surface area contributed by atoms with E-state index in [2.05, 4.69) is 30.3 Å². The highest BCUT2D eigenvalue weighted by Gasteiger charge is 2.38. The number of hydrogen-bond acceptors (Lipinski definition) is 10. The lowest BCUT2D eigenvalue weighted by Crippen LogP contribution is -2.36. The summed E-state index contributed by atoms with van der Waals surface area (Å²) in [6.45, 7) is 4.61. The van der Waals surface area contributed by atoms with Crippen LogP contribution in [0.4, 0.5) is 30.5 Å². The molecule has 5 rings (SSSR count). The number of hydrogen-bond donors (Lipinski definition) is 2. The highest BCUT2D eigenvalue weighted by atomic mass is 32.2. The molecule has 12 nitrogen and oxygen atoms in total. The van der Waals surface area contributed by atoms with Gasteiger partial charge in [0.1, 0.15) is 12.2 Å². The molecule has 222 valence electrons. The minimum atomic E-state index is -5.08. The fourth-order valence-electron chi connectivity index (χ4n) is 3.93. The predicted molar refractivity (Wildman–Crippen MR) is 147 cm³/mol. The number of carboxylic acids is 1. The monoisotopic (exact) mass is 605 g/mol. The smallest absolute Gasteiger partial charge is 0.475 e. The van der Waals surface area contributed by atoms with Gasteiger partial charge < -0.3 is 20.1 Å². The highest BCUT2D eigenvalue weighted by molar-refractivity contribution is 7.90. The molecule has 3 heterocycles. The number of ether oxygens (including phenoxy) is 1. The van der Waals surface area contributed by atoms with E-state index >= 15 is 0 Å². The van der Waals surface area contributed by atoms with Gasteiger partial charge in [0.2, 0.25) is 5.95 Å². The summed E-state index contributed by atoms with van der Waals surface area (Å²) in [5.74, 6) is -1.70. The van der Waals surface area contributed by atoms with Crippen molar-refractivity contribution in [2.24, 2.45) is 0 Å². The molecule has 1 aliphatic rings. The standard InChI is InChI=1S/C24H25N7O3S.C2HF3O2/c1-17-26-16-31(29-17)19-5-3-18(4-6-19)27-24-25-10-9-22(28-24)21-15-20(30-11-13-34-14-12-30)7-8-23(21)35(2,32)33;3-2(4,5)1(6)7/h3-10,15-16H,11-14H2,1-2H3,(H,25,27,28);(H,6,7). The van der Waals surface area contributed by atoms with Crippen molar-refractivity contribution in [3.05, 3.63) is 66.9 Å². The van der Waals surface area contributed by atoms with Gasteiger partial charge >= 0.3 is 12.1 Å². The van der Waals surface area contributed by atoms with Crippen molar-refractivity contribution in [2.45, 2.75) is 18.0 Å². The summed E-state index contributed by atoms with van der Waals surface area (Å²) in [6.07, 6.45) is -0.599. The van der Waals surface area contributed by atoms with Crippen LogP contribution in [0.25, 0.3) is 16.9 Å². The van der Waals surface area contributed by atoms with Crippen LogP contribution < -0.4 is 10.2 Å². The SMILES string of the molecule is Cc1ncn(-c2ccc(Nc3nccc(-c4cc(N5CCOCC5)ccc4S(C)(=O)=O)n3)cc2)n1.O=C(O)C(F)(F)F. The number of morpholine rings is 1. The summed E-state index contributed by atoms with van der Waals surface area (Å²) in [7, 11) is -3.47. The zero-order valence-corrected chi connectivity index (χ0v) is 23.2. The molecule has 0 radical (unpaired) electrons. The van der Waals surface area contributed by atoms with Crippen LogP contribution in [0.5, 0.6) is 0 Å². The maximum Gasteiger partial charge on any atom is 0.490 e. The van der Waals surface area contributed by atoms with Gasteiger partial charge in [-0.25, -0.2) is 32.8 Å². The molecule has 2 aromatic heterocycles. The Morgan fingerprint density at radius 1 is 1.02 bits per heavy atom. The van der Waals surface area contributed by atoms with Crippen LogP contribution in [-0.2, 0) is 19.4 Å². The Labute approximate surface area is 238 Å². The normalized spacial score (nSPS) is 13.7. The molecule has 0 aliphatic carbocycles. The van der Waals surface area contributed by atoms with Crippen LogP contribution in [0.3, 0.4) is 0 Å². The van der Waals surface area contributed by atoms with Crippen molar-refractivity contribution in [3.63, 3.8) is 0 Å². The molecule has 1 saturated heterocycles. The minimum absolute atomic E-state index is 0.228. The van der Waals surface area contributed by atoms with Gasteiger partial charge in [0.05, 0.1) is 29.5 Å². The summed E-state index contributed by atoms with van der Waals surface area (Å²) >= 11 is 0. The van der Waals surface area contributed by atoms with Crippen LogP contribution >= 0.6 is 0 Å². The second kappa shape index (κ2) is 12.5. The number of rotatable bonds is 6. The Morgan fingerprint density at radius 3 is 2.24 bits per heavy atom. The number of aliphatic carboxylic acids is 1. The van der Waals surface area contributed by atoms with Gasteiger partial charge in [-0.3, -0.25) is 0 Å². The average molecular weight is 606 g/mol. The van der Waals surface area contributed by atoms with Crippen molar-refractivity contribution in [1.29, 1.82) is 0 Å². The maximum absolute atomic E-state index is 12.5. The average Bonchev–Trinajstić information content (AvgIpc) is 3.39. The van der Waals surface area contributed by atoms with E-state index in [0.29, 0.717) is 36.2 Å². The number of anilines is 3. The molecule has 1 fully saturated rings. The third-order valence-electron chi connectivity index (χ3n) is 5.91. The molecule has 16 heteroatoms. The molecule has 0 amide bonds. The number of carbonyl (C=O) groups is 1. The lowest BCUT2D eigenvalue weighted by Gasteiger charge is -2.29. The molecular weight excluding hydrogens is 579 g/mol. The van der Waals surface area contributed by atoms with E-state index in [9.17, 15) is 21.6 Å². The van der Waals surface area contributed by atoms with Crippen LogP contribution in [0.15, 0.2) is 66.0 Å². The summed E-state index contributed by atoms with van der Waals surface area (Å²) in [4.78, 5) is 24.4. The number of sulfone groups is 1. The van der Waals surface area contributed by atoms with E-state index in [1.54, 1.807) is 29.3 Å². The zero-order chi connectivity index (χ0) is 30.5. The van der Waals surface area contributed by atoms with Crippen LogP contribution in [0, 0.1) is 6.92 Å². The lowest BCUT2D eigenvalue weighted by atomic mass is 10.1. The van der Waals surface area contributed by atoms with E-state index in [1.807, 2.05) is 43.3 Å². The second-order valence-corrected chi connectivity index (χ2v) is 11.0. The lowest BCUT2D eigenvalue weighted by molar-refractivity contribution is -0.192. The van der Waals surface area contributed by atoms with Gasteiger partial charge in [-0.15, -0.1) is 0 Å². The van der Waals surface area contributed by atoms with Crippen LogP contribution in [0.2, 0.25) is 0 Å². The van der Waals surface area contributed by atoms with Gasteiger partial charge in [0.15, 0.2) is 9.84 Å². The van der Waals surface area contributed by atoms with Gasteiger partial charge in [0, 0.05) is 42.5 Å². The van der Waals surface area contributed by atoms with Crippen LogP contribution in [0.1, 0.15) is 5.82 Å². The van der Waals surface area contributed by atoms with E-state index in [1.165, 1.54) is 6.26 Å². The van der Waals surface area contributed by atoms with Crippen molar-refractivity contribution in [1.82, 2.24) is 24.7 Å². The van der Waals surface area contributed by atoms with Gasteiger partial charge in [-0.05, 0) is 55.5 Å². The first-order valence-corrected chi connectivity index (χ1v) is 14.3. The Morgan fingerprint density at radius 2 is 1.67 bits per heavy atom. The van der Waals surface area contributed by atoms with Gasteiger partial charge in [-0.2, -0.15) is 18.3 Å². The van der Waals surface area contributed by atoms with Gasteiger partial charge in [0.25, 0.3) is 0 Å². The third kappa shape index (κ3) is 7.79. The first kappa shape index (κ1) is 30.4. The maximum atomic E-state index is 12.5. The quantitative estimate of drug-likeness (QED) is 0.331. The second-order valence-electron chi connectivity index (χ2n) is 9.03. The summed E-state index contributed by atoms with van der Waals surface area (Å²) in [5.41, 5.74) is 3.66. The molecule has 42 heavy (non-hydrogen) atoms. The molecule has 0 spiro atoms. The Balaban J connectivity index is 0.000000517. The molecule has 0 unspecified atom stereocenters. The molecule has 0 atom stereocenters. The molecular formula is C26H26F3N7O5S. The molecule has 0 saturated carbocycles. The fourth-order valence-corrected chi connectivity index (χ4v) is 4.80. The van der Waals surface area contributed by atoms with Crippen LogP contribution in [-0.4, -0.2) is 83.0 Å². The molecule has 2 aromatic carbocycles. The summed E-state index contributed by atoms with van der Waals surface area (Å²) in [5, 5.41) is 14.6. The number of carboxylic acid groups (broad SMARTS) is 1. The largest absolute Gasteiger partial charge is 0.490 e. The zero-order valence-electron chi connectivity index (χ0n) is 22.4. The summed E-state index contributed by atoms with van der Waals surface area (Å²) < 4.78 is 64.0. The number of nitrogens with one attached hydrogen (secondary N) is 1. The van der Waals surface area contributed by atoms with Crippen molar-refractivity contribution in [2.75, 3.05) is 42.8 Å². The molecule has 0 bridgehead atoms. The summed E-state index contributed by atoms with van der Waals surface area (Å²) in [6, 6.07) is 14.7. The predicted octanol–water partition coefficient (Wildman–Crippen LogP) is 3.65.